The van der Waals surface area contributed by atoms with Gasteiger partial charge in [0.1, 0.15) is 0 Å². The Labute approximate surface area is 92.8 Å². The van der Waals surface area contributed by atoms with E-state index < -0.39 is 0 Å². The van der Waals surface area contributed by atoms with E-state index in [4.69, 9.17) is 0 Å². The average molecular weight is 209 g/mol. The van der Waals surface area contributed by atoms with E-state index in [1.165, 1.54) is 38.5 Å². The van der Waals surface area contributed by atoms with Crippen LogP contribution in [0.1, 0.15) is 52.4 Å². The van der Waals surface area contributed by atoms with E-state index in [-0.39, 0.29) is 5.54 Å². The quantitative estimate of drug-likeness (QED) is 0.711. The minimum absolute atomic E-state index is 0.0913. The second-order valence-electron chi connectivity index (χ2n) is 5.94. The van der Waals surface area contributed by atoms with Gasteiger partial charge < -0.3 is 5.32 Å². The maximum absolute atomic E-state index is 10.6. The van der Waals surface area contributed by atoms with Crippen molar-refractivity contribution >= 4 is 6.41 Å². The smallest absolute Gasteiger partial charge is 0.207 e. The Morgan fingerprint density at radius 3 is 2.33 bits per heavy atom. The van der Waals surface area contributed by atoms with E-state index >= 15 is 0 Å². The predicted octanol–water partition coefficient (Wildman–Crippen LogP) is 2.73. The molecule has 2 bridgehead atoms. The van der Waals surface area contributed by atoms with Gasteiger partial charge in [-0.15, -0.1) is 0 Å². The number of amides is 1. The predicted molar refractivity (Wildman–Crippen MR) is 61.5 cm³/mol. The van der Waals surface area contributed by atoms with Crippen LogP contribution in [-0.4, -0.2) is 11.9 Å². The zero-order valence-corrected chi connectivity index (χ0v) is 9.96. The maximum Gasteiger partial charge on any atom is 0.207 e. The van der Waals surface area contributed by atoms with Gasteiger partial charge in [0.05, 0.1) is 0 Å². The lowest BCUT2D eigenvalue weighted by atomic mass is 9.62. The molecule has 2 heteroatoms. The molecule has 0 aliphatic heterocycles. The van der Waals surface area contributed by atoms with Gasteiger partial charge in [-0.2, -0.15) is 0 Å². The van der Waals surface area contributed by atoms with Crippen LogP contribution in [0.15, 0.2) is 0 Å². The second kappa shape index (κ2) is 4.15. The largest absolute Gasteiger partial charge is 0.354 e. The molecule has 15 heavy (non-hydrogen) atoms. The van der Waals surface area contributed by atoms with Crippen molar-refractivity contribution in [2.45, 2.75) is 57.9 Å². The van der Waals surface area contributed by atoms with Crippen molar-refractivity contribution in [1.29, 1.82) is 0 Å². The molecule has 2 nitrogen and oxygen atoms in total. The number of carbonyl (C=O) groups excluding carboxylic acids is 1. The number of hydrogen-bond donors (Lipinski definition) is 1. The average Bonchev–Trinajstić information content (AvgIpc) is 2.15. The van der Waals surface area contributed by atoms with Crippen molar-refractivity contribution in [2.75, 3.05) is 0 Å². The molecule has 0 heterocycles. The molecular weight excluding hydrogens is 186 g/mol. The van der Waals surface area contributed by atoms with E-state index in [0.717, 1.165) is 24.2 Å². The molecule has 2 fully saturated rings. The number of nitrogens with one attached hydrogen (secondary N) is 1. The van der Waals surface area contributed by atoms with Crippen molar-refractivity contribution < 1.29 is 4.79 Å². The lowest BCUT2D eigenvalue weighted by Crippen LogP contribution is -2.49. The summed E-state index contributed by atoms with van der Waals surface area (Å²) in [6, 6.07) is 0. The lowest BCUT2D eigenvalue weighted by molar-refractivity contribution is -0.112. The van der Waals surface area contributed by atoms with Crippen molar-refractivity contribution in [1.82, 2.24) is 5.32 Å². The van der Waals surface area contributed by atoms with Crippen LogP contribution in [0.2, 0.25) is 0 Å². The van der Waals surface area contributed by atoms with Crippen LogP contribution in [0.3, 0.4) is 0 Å². The van der Waals surface area contributed by atoms with Gasteiger partial charge in [-0.05, 0) is 56.8 Å². The van der Waals surface area contributed by atoms with Crippen LogP contribution in [0.25, 0.3) is 0 Å². The zero-order chi connectivity index (χ0) is 10.9. The van der Waals surface area contributed by atoms with Gasteiger partial charge in [0.2, 0.25) is 6.41 Å². The summed E-state index contributed by atoms with van der Waals surface area (Å²) in [5.74, 6) is 2.68. The number of rotatable bonds is 3. The standard InChI is InChI=1S/C13H23NO/c1-3-10-4-11-6-12(5-10)8-13(2,7-11)14-9-15/h9-12H,3-8H2,1-2H3,(H,14,15). The molecule has 86 valence electrons. The zero-order valence-electron chi connectivity index (χ0n) is 9.96. The van der Waals surface area contributed by atoms with Crippen LogP contribution < -0.4 is 5.32 Å². The normalized spacial score (nSPS) is 44.8. The molecule has 2 unspecified atom stereocenters. The fourth-order valence-electron chi connectivity index (χ4n) is 3.99. The Kier molecular flexibility index (Phi) is 3.03. The Balaban J connectivity index is 2.01. The molecule has 2 saturated carbocycles. The molecule has 0 spiro atoms. The first-order valence-electron chi connectivity index (χ1n) is 6.36. The summed E-state index contributed by atoms with van der Waals surface area (Å²) in [5.41, 5.74) is 0.0913. The fourth-order valence-corrected chi connectivity index (χ4v) is 3.99. The van der Waals surface area contributed by atoms with Crippen LogP contribution in [0, 0.1) is 17.8 Å². The van der Waals surface area contributed by atoms with Crippen LogP contribution in [0.5, 0.6) is 0 Å². The van der Waals surface area contributed by atoms with Crippen LogP contribution in [-0.2, 0) is 4.79 Å². The van der Waals surface area contributed by atoms with Gasteiger partial charge >= 0.3 is 0 Å². The highest BCUT2D eigenvalue weighted by Crippen LogP contribution is 2.46. The fraction of sp³-hybridized carbons (Fsp3) is 0.923. The van der Waals surface area contributed by atoms with Gasteiger partial charge in [0.15, 0.2) is 0 Å². The Morgan fingerprint density at radius 1 is 1.27 bits per heavy atom. The summed E-state index contributed by atoms with van der Waals surface area (Å²) in [6.45, 7) is 4.53. The number of carbonyl (C=O) groups is 1. The first-order chi connectivity index (χ1) is 7.15. The summed E-state index contributed by atoms with van der Waals surface area (Å²) in [7, 11) is 0. The highest BCUT2D eigenvalue weighted by molar-refractivity contribution is 5.47. The topological polar surface area (TPSA) is 29.1 Å². The molecule has 2 aliphatic rings. The summed E-state index contributed by atoms with van der Waals surface area (Å²) < 4.78 is 0. The first kappa shape index (κ1) is 11.0. The van der Waals surface area contributed by atoms with Gasteiger partial charge in [-0.1, -0.05) is 13.3 Å². The van der Waals surface area contributed by atoms with E-state index in [1.807, 2.05) is 0 Å². The van der Waals surface area contributed by atoms with Crippen molar-refractivity contribution in [2.24, 2.45) is 17.8 Å². The third-order valence-corrected chi connectivity index (χ3v) is 4.46. The Morgan fingerprint density at radius 2 is 1.87 bits per heavy atom. The SMILES string of the molecule is CCC1CC2CC(C1)CC(C)(NC=O)C2. The van der Waals surface area contributed by atoms with E-state index in [2.05, 4.69) is 19.2 Å². The molecular formula is C13H23NO. The lowest BCUT2D eigenvalue weighted by Gasteiger charge is -2.47. The molecule has 0 saturated heterocycles. The van der Waals surface area contributed by atoms with Gasteiger partial charge in [0, 0.05) is 5.54 Å². The summed E-state index contributed by atoms with van der Waals surface area (Å²) in [6.07, 6.45) is 8.81. The first-order valence-corrected chi connectivity index (χ1v) is 6.36. The van der Waals surface area contributed by atoms with Crippen molar-refractivity contribution in [3.8, 4) is 0 Å². The summed E-state index contributed by atoms with van der Waals surface area (Å²) >= 11 is 0. The summed E-state index contributed by atoms with van der Waals surface area (Å²) in [4.78, 5) is 10.6. The van der Waals surface area contributed by atoms with E-state index in [0.29, 0.717) is 0 Å². The molecule has 0 aromatic carbocycles. The van der Waals surface area contributed by atoms with Crippen LogP contribution in [0.4, 0.5) is 0 Å². The summed E-state index contributed by atoms with van der Waals surface area (Å²) in [5, 5.41) is 3.04. The molecule has 1 N–H and O–H groups in total. The molecule has 2 rings (SSSR count). The van der Waals surface area contributed by atoms with Crippen molar-refractivity contribution in [3.63, 3.8) is 0 Å². The Hall–Kier alpha value is -0.530. The second-order valence-corrected chi connectivity index (χ2v) is 5.94. The third kappa shape index (κ3) is 2.35. The minimum Gasteiger partial charge on any atom is -0.354 e. The molecule has 0 radical (unpaired) electrons. The molecule has 2 atom stereocenters. The molecule has 2 aliphatic carbocycles. The Bertz CT molecular complexity index is 225. The van der Waals surface area contributed by atoms with Crippen molar-refractivity contribution in [3.05, 3.63) is 0 Å². The monoisotopic (exact) mass is 209 g/mol. The minimum atomic E-state index is 0.0913. The maximum atomic E-state index is 10.6. The molecule has 0 aromatic rings. The van der Waals surface area contributed by atoms with Gasteiger partial charge in [-0.3, -0.25) is 4.79 Å². The number of hydrogen-bond acceptors (Lipinski definition) is 1. The molecule has 0 aromatic heterocycles. The highest BCUT2D eigenvalue weighted by atomic mass is 16.1. The van der Waals surface area contributed by atoms with E-state index in [1.54, 1.807) is 0 Å². The van der Waals surface area contributed by atoms with Crippen LogP contribution >= 0.6 is 0 Å². The van der Waals surface area contributed by atoms with E-state index in [9.17, 15) is 4.79 Å². The molecule has 1 amide bonds. The third-order valence-electron chi connectivity index (χ3n) is 4.46. The highest BCUT2D eigenvalue weighted by Gasteiger charge is 2.41. The van der Waals surface area contributed by atoms with Gasteiger partial charge in [-0.25, -0.2) is 0 Å². The van der Waals surface area contributed by atoms with Gasteiger partial charge in [0.25, 0.3) is 0 Å². The number of fused-ring (bicyclic) bond motifs is 2.